The first-order chi connectivity index (χ1) is 17.5. The van der Waals surface area contributed by atoms with E-state index in [1.807, 2.05) is 19.2 Å². The predicted molar refractivity (Wildman–Crippen MR) is 142 cm³/mol. The summed E-state index contributed by atoms with van der Waals surface area (Å²) < 4.78 is 20.4. The highest BCUT2D eigenvalue weighted by molar-refractivity contribution is 6.30. The molecule has 2 aromatic carbocycles. The highest BCUT2D eigenvalue weighted by atomic mass is 35.5. The van der Waals surface area contributed by atoms with Gasteiger partial charge in [-0.05, 0) is 56.1 Å². The van der Waals surface area contributed by atoms with Crippen molar-refractivity contribution in [3.05, 3.63) is 47.5 Å². The molecule has 3 aromatic rings. The van der Waals surface area contributed by atoms with Gasteiger partial charge in [-0.2, -0.15) is 0 Å². The van der Waals surface area contributed by atoms with Crippen molar-refractivity contribution in [1.29, 1.82) is 0 Å². The molecule has 1 amide bonds. The number of halogens is 2. The third-order valence-corrected chi connectivity index (χ3v) is 6.43. The van der Waals surface area contributed by atoms with Crippen LogP contribution in [-0.2, 0) is 4.79 Å². The summed E-state index contributed by atoms with van der Waals surface area (Å²) in [7, 11) is 1.83. The Balaban J connectivity index is 1.44. The summed E-state index contributed by atoms with van der Waals surface area (Å²) in [5.74, 6) is 0.814. The SMILES string of the molecule is CNc1cc2ncnc(Nc3cc(Cl)ccc3F)c2cc1OCCCN1CCCCCNC(=O)CC1. The molecule has 36 heavy (non-hydrogen) atoms. The number of hydrogen-bond donors (Lipinski definition) is 3. The van der Waals surface area contributed by atoms with Gasteiger partial charge in [0.2, 0.25) is 5.91 Å². The summed E-state index contributed by atoms with van der Waals surface area (Å²) in [6, 6.07) is 8.07. The Morgan fingerprint density at radius 2 is 2.03 bits per heavy atom. The van der Waals surface area contributed by atoms with Crippen LogP contribution in [0, 0.1) is 5.82 Å². The van der Waals surface area contributed by atoms with E-state index in [-0.39, 0.29) is 11.6 Å². The summed E-state index contributed by atoms with van der Waals surface area (Å²) in [5.41, 5.74) is 1.73. The molecule has 3 N–H and O–H groups in total. The fourth-order valence-corrected chi connectivity index (χ4v) is 4.41. The molecule has 0 aliphatic carbocycles. The zero-order valence-corrected chi connectivity index (χ0v) is 21.2. The zero-order chi connectivity index (χ0) is 25.3. The van der Waals surface area contributed by atoms with Crippen molar-refractivity contribution < 1.29 is 13.9 Å². The van der Waals surface area contributed by atoms with Gasteiger partial charge < -0.3 is 25.6 Å². The fourth-order valence-electron chi connectivity index (χ4n) is 4.24. The van der Waals surface area contributed by atoms with Crippen molar-refractivity contribution in [2.45, 2.75) is 32.1 Å². The van der Waals surface area contributed by atoms with E-state index in [0.29, 0.717) is 40.5 Å². The lowest BCUT2D eigenvalue weighted by molar-refractivity contribution is -0.121. The summed E-state index contributed by atoms with van der Waals surface area (Å²) in [5, 5.41) is 10.3. The Morgan fingerprint density at radius 3 is 2.89 bits per heavy atom. The number of benzene rings is 2. The molecule has 8 nitrogen and oxygen atoms in total. The second kappa shape index (κ2) is 12.7. The minimum Gasteiger partial charge on any atom is -0.491 e. The summed E-state index contributed by atoms with van der Waals surface area (Å²) in [4.78, 5) is 22.9. The van der Waals surface area contributed by atoms with Gasteiger partial charge in [0.25, 0.3) is 0 Å². The number of anilines is 3. The van der Waals surface area contributed by atoms with Gasteiger partial charge in [-0.1, -0.05) is 18.0 Å². The van der Waals surface area contributed by atoms with Crippen molar-refractivity contribution in [2.75, 3.05) is 50.5 Å². The van der Waals surface area contributed by atoms with Crippen LogP contribution in [0.25, 0.3) is 10.9 Å². The highest BCUT2D eigenvalue weighted by Crippen LogP contribution is 2.34. The monoisotopic (exact) mass is 514 g/mol. The van der Waals surface area contributed by atoms with Crippen molar-refractivity contribution in [3.63, 3.8) is 0 Å². The molecule has 0 unspecified atom stereocenters. The van der Waals surface area contributed by atoms with E-state index in [1.54, 1.807) is 0 Å². The van der Waals surface area contributed by atoms with Crippen LogP contribution in [0.1, 0.15) is 32.1 Å². The quantitative estimate of drug-likeness (QED) is 0.365. The number of hydrogen-bond acceptors (Lipinski definition) is 7. The van der Waals surface area contributed by atoms with Crippen molar-refractivity contribution in [1.82, 2.24) is 20.2 Å². The van der Waals surface area contributed by atoms with Crippen LogP contribution in [0.15, 0.2) is 36.7 Å². The van der Waals surface area contributed by atoms with Gasteiger partial charge in [-0.15, -0.1) is 0 Å². The van der Waals surface area contributed by atoms with Crippen LogP contribution in [0.2, 0.25) is 5.02 Å². The van der Waals surface area contributed by atoms with Gasteiger partial charge in [-0.25, -0.2) is 14.4 Å². The van der Waals surface area contributed by atoms with Gasteiger partial charge in [0.05, 0.1) is 23.5 Å². The summed E-state index contributed by atoms with van der Waals surface area (Å²) in [6.07, 6.45) is 6.07. The first-order valence-corrected chi connectivity index (χ1v) is 12.7. The lowest BCUT2D eigenvalue weighted by Crippen LogP contribution is -2.34. The normalized spacial score (nSPS) is 15.4. The van der Waals surface area contributed by atoms with E-state index in [2.05, 4.69) is 30.8 Å². The lowest BCUT2D eigenvalue weighted by atomic mass is 10.2. The van der Waals surface area contributed by atoms with Gasteiger partial charge >= 0.3 is 0 Å². The average molecular weight is 515 g/mol. The second-order valence-electron chi connectivity index (χ2n) is 8.79. The van der Waals surface area contributed by atoms with E-state index in [4.69, 9.17) is 16.3 Å². The Hall–Kier alpha value is -3.17. The first kappa shape index (κ1) is 25.9. The second-order valence-corrected chi connectivity index (χ2v) is 9.23. The number of rotatable bonds is 8. The van der Waals surface area contributed by atoms with Gasteiger partial charge in [0.1, 0.15) is 23.7 Å². The minimum absolute atomic E-state index is 0.122. The molecule has 1 saturated heterocycles. The molecule has 1 aliphatic rings. The maximum atomic E-state index is 14.3. The Morgan fingerprint density at radius 1 is 1.14 bits per heavy atom. The molecule has 1 aromatic heterocycles. The molecule has 0 radical (unpaired) electrons. The van der Waals surface area contributed by atoms with Crippen LogP contribution in [0.4, 0.5) is 21.6 Å². The van der Waals surface area contributed by atoms with E-state index in [0.717, 1.165) is 57.5 Å². The molecular formula is C26H32ClFN6O2. The van der Waals surface area contributed by atoms with Gasteiger partial charge in [0, 0.05) is 43.5 Å². The first-order valence-electron chi connectivity index (χ1n) is 12.3. The highest BCUT2D eigenvalue weighted by Gasteiger charge is 2.14. The summed E-state index contributed by atoms with van der Waals surface area (Å²) >= 11 is 6.04. The molecular weight excluding hydrogens is 483 g/mol. The van der Waals surface area contributed by atoms with Crippen LogP contribution >= 0.6 is 11.6 Å². The van der Waals surface area contributed by atoms with Gasteiger partial charge in [-0.3, -0.25) is 4.79 Å². The number of amides is 1. The molecule has 4 rings (SSSR count). The molecule has 0 saturated carbocycles. The Bertz CT molecular complexity index is 1190. The maximum Gasteiger partial charge on any atom is 0.221 e. The zero-order valence-electron chi connectivity index (χ0n) is 20.4. The third kappa shape index (κ3) is 6.95. The number of fused-ring (bicyclic) bond motifs is 1. The van der Waals surface area contributed by atoms with Gasteiger partial charge in [0.15, 0.2) is 0 Å². The average Bonchev–Trinajstić information content (AvgIpc) is 2.88. The maximum absolute atomic E-state index is 14.3. The standard InChI is InChI=1S/C26H32ClFN6O2/c1-29-23-16-21-19(26(32-17-31-21)33-22-14-18(27)6-7-20(22)28)15-24(23)36-13-5-11-34-10-4-2-3-9-30-25(35)8-12-34/h6-7,14-17,29H,2-5,8-13H2,1H3,(H,30,35)(H,31,32,33). The van der Waals surface area contributed by atoms with Crippen molar-refractivity contribution in [3.8, 4) is 5.75 Å². The number of carbonyl (C=O) groups excluding carboxylic acids is 1. The molecule has 0 spiro atoms. The van der Waals surface area contributed by atoms with Crippen LogP contribution in [-0.4, -0.2) is 60.6 Å². The van der Waals surface area contributed by atoms with Crippen LogP contribution in [0.5, 0.6) is 5.75 Å². The third-order valence-electron chi connectivity index (χ3n) is 6.19. The largest absolute Gasteiger partial charge is 0.491 e. The lowest BCUT2D eigenvalue weighted by Gasteiger charge is -2.23. The molecule has 1 fully saturated rings. The Kier molecular flexibility index (Phi) is 9.13. The predicted octanol–water partition coefficient (Wildman–Crippen LogP) is 4.97. The molecule has 192 valence electrons. The van der Waals surface area contributed by atoms with Crippen molar-refractivity contribution >= 4 is 45.6 Å². The van der Waals surface area contributed by atoms with E-state index in [9.17, 15) is 9.18 Å². The number of carbonyl (C=O) groups is 1. The van der Waals surface area contributed by atoms with Crippen LogP contribution in [0.3, 0.4) is 0 Å². The van der Waals surface area contributed by atoms with E-state index >= 15 is 0 Å². The topological polar surface area (TPSA) is 91.4 Å². The van der Waals surface area contributed by atoms with Crippen LogP contribution < -0.4 is 20.7 Å². The smallest absolute Gasteiger partial charge is 0.221 e. The number of ether oxygens (including phenoxy) is 1. The molecule has 1 aliphatic heterocycles. The molecule has 2 heterocycles. The van der Waals surface area contributed by atoms with Crippen molar-refractivity contribution in [2.24, 2.45) is 0 Å². The number of aromatic nitrogens is 2. The summed E-state index contributed by atoms with van der Waals surface area (Å²) in [6.45, 7) is 3.91. The minimum atomic E-state index is -0.428. The molecule has 10 heteroatoms. The van der Waals surface area contributed by atoms with E-state index < -0.39 is 5.82 Å². The molecule has 0 atom stereocenters. The van der Waals surface area contributed by atoms with E-state index in [1.165, 1.54) is 24.5 Å². The number of nitrogens with one attached hydrogen (secondary N) is 3. The molecule has 0 bridgehead atoms. The fraction of sp³-hybridized carbons (Fsp3) is 0.423. The Labute approximate surface area is 215 Å². The number of nitrogens with zero attached hydrogens (tertiary/aromatic N) is 3.